The highest BCUT2D eigenvalue weighted by Crippen LogP contribution is 2.19. The van der Waals surface area contributed by atoms with Gasteiger partial charge in [0.05, 0.1) is 0 Å². The molecule has 0 amide bonds. The normalized spacial score (nSPS) is 20.6. The highest BCUT2D eigenvalue weighted by atomic mass is 16.5. The van der Waals surface area contributed by atoms with Gasteiger partial charge in [0.1, 0.15) is 18.2 Å². The van der Waals surface area contributed by atoms with Crippen molar-refractivity contribution in [3.63, 3.8) is 0 Å². The lowest BCUT2D eigenvalue weighted by molar-refractivity contribution is 0.177. The van der Waals surface area contributed by atoms with Crippen molar-refractivity contribution in [1.29, 1.82) is 0 Å². The van der Waals surface area contributed by atoms with E-state index in [9.17, 15) is 0 Å². The van der Waals surface area contributed by atoms with Crippen LogP contribution in [0.15, 0.2) is 6.07 Å². The summed E-state index contributed by atoms with van der Waals surface area (Å²) in [5.74, 6) is 7.61. The van der Waals surface area contributed by atoms with E-state index in [0.29, 0.717) is 24.3 Å². The second kappa shape index (κ2) is 6.14. The average Bonchev–Trinajstić information content (AvgIpc) is 2.42. The van der Waals surface area contributed by atoms with Gasteiger partial charge in [-0.05, 0) is 14.0 Å². The minimum Gasteiger partial charge on any atom is -0.377 e. The number of nitrogens with one attached hydrogen (secondary N) is 1. The number of likely N-dealkylation sites (N-methyl/N-ethyl adjacent to an activating group) is 1. The molecule has 7 nitrogen and oxygen atoms in total. The molecule has 0 bridgehead atoms. The lowest BCUT2D eigenvalue weighted by Crippen LogP contribution is -2.50. The number of nitrogen functional groups attached to an aromatic ring is 1. The van der Waals surface area contributed by atoms with Crippen LogP contribution in [0.2, 0.25) is 0 Å². The fourth-order valence-corrected chi connectivity index (χ4v) is 2.17. The van der Waals surface area contributed by atoms with Crippen LogP contribution in [0.25, 0.3) is 0 Å². The monoisotopic (exact) mass is 266 g/mol. The maximum atomic E-state index is 5.45. The third kappa shape index (κ3) is 3.31. The lowest BCUT2D eigenvalue weighted by Gasteiger charge is -2.38. The van der Waals surface area contributed by atoms with Crippen LogP contribution in [-0.4, -0.2) is 54.7 Å². The van der Waals surface area contributed by atoms with Crippen LogP contribution in [0.4, 0.5) is 11.6 Å². The van der Waals surface area contributed by atoms with E-state index in [4.69, 9.17) is 10.6 Å². The minimum absolute atomic E-state index is 0.381. The molecule has 0 aromatic carbocycles. The maximum Gasteiger partial charge on any atom is 0.158 e. The predicted octanol–water partition coefficient (Wildman–Crippen LogP) is 0.0489. The van der Waals surface area contributed by atoms with E-state index in [-0.39, 0.29) is 0 Å². The van der Waals surface area contributed by atoms with Crippen LogP contribution in [0.5, 0.6) is 0 Å². The van der Waals surface area contributed by atoms with Gasteiger partial charge in [-0.2, -0.15) is 0 Å². The van der Waals surface area contributed by atoms with Gasteiger partial charge < -0.3 is 20.0 Å². The first kappa shape index (κ1) is 14.0. The van der Waals surface area contributed by atoms with E-state index in [1.165, 1.54) is 0 Å². The number of hydrogen-bond acceptors (Lipinski definition) is 7. The summed E-state index contributed by atoms with van der Waals surface area (Å²) >= 11 is 0. The summed E-state index contributed by atoms with van der Waals surface area (Å²) in [5, 5.41) is 0. The van der Waals surface area contributed by atoms with E-state index in [1.54, 1.807) is 7.11 Å². The predicted molar refractivity (Wildman–Crippen MR) is 74.9 cm³/mol. The third-order valence-corrected chi connectivity index (χ3v) is 3.46. The molecule has 3 N–H and O–H groups in total. The number of hydrazine groups is 1. The van der Waals surface area contributed by atoms with Gasteiger partial charge in [0.2, 0.25) is 0 Å². The Morgan fingerprint density at radius 1 is 1.47 bits per heavy atom. The van der Waals surface area contributed by atoms with Crippen LogP contribution in [0.1, 0.15) is 12.7 Å². The second-order valence-electron chi connectivity index (χ2n) is 4.88. The first-order valence-corrected chi connectivity index (χ1v) is 6.42. The largest absolute Gasteiger partial charge is 0.377 e. The van der Waals surface area contributed by atoms with Gasteiger partial charge in [-0.1, -0.05) is 0 Å². The molecule has 1 aliphatic heterocycles. The highest BCUT2D eigenvalue weighted by Gasteiger charge is 2.22. The maximum absolute atomic E-state index is 5.45. The van der Waals surface area contributed by atoms with Crippen molar-refractivity contribution in [3.05, 3.63) is 11.9 Å². The van der Waals surface area contributed by atoms with Gasteiger partial charge in [-0.15, -0.1) is 0 Å². The van der Waals surface area contributed by atoms with E-state index in [1.807, 2.05) is 6.07 Å². The zero-order valence-electron chi connectivity index (χ0n) is 11.8. The number of aromatic nitrogens is 2. The first-order valence-electron chi connectivity index (χ1n) is 6.42. The Kier molecular flexibility index (Phi) is 4.52. The molecule has 19 heavy (non-hydrogen) atoms. The molecule has 1 saturated heterocycles. The Labute approximate surface area is 113 Å². The van der Waals surface area contributed by atoms with Crippen LogP contribution in [0, 0.1) is 0 Å². The van der Waals surface area contributed by atoms with Crippen LogP contribution >= 0.6 is 0 Å². The molecule has 2 heterocycles. The molecule has 106 valence electrons. The summed E-state index contributed by atoms with van der Waals surface area (Å²) in [4.78, 5) is 13.4. The Hall–Kier alpha value is -1.44. The van der Waals surface area contributed by atoms with Gasteiger partial charge in [0.25, 0.3) is 0 Å². The van der Waals surface area contributed by atoms with Crippen LogP contribution < -0.4 is 16.2 Å². The summed E-state index contributed by atoms with van der Waals surface area (Å²) in [5.41, 5.74) is 2.58. The molecule has 0 spiro atoms. The number of nitrogens with two attached hydrogens (primary N) is 1. The van der Waals surface area contributed by atoms with Crippen molar-refractivity contribution < 1.29 is 4.74 Å². The number of nitrogens with zero attached hydrogens (tertiary/aromatic N) is 4. The van der Waals surface area contributed by atoms with Crippen molar-refractivity contribution in [1.82, 2.24) is 14.9 Å². The van der Waals surface area contributed by atoms with Gasteiger partial charge in [-0.3, -0.25) is 0 Å². The van der Waals surface area contributed by atoms with E-state index in [2.05, 4.69) is 39.2 Å². The van der Waals surface area contributed by atoms with Gasteiger partial charge in [0.15, 0.2) is 5.82 Å². The molecule has 2 rings (SSSR count). The van der Waals surface area contributed by atoms with E-state index < -0.39 is 0 Å². The third-order valence-electron chi connectivity index (χ3n) is 3.46. The smallest absolute Gasteiger partial charge is 0.158 e. The topological polar surface area (TPSA) is 79.5 Å². The van der Waals surface area contributed by atoms with E-state index in [0.717, 1.165) is 25.5 Å². The van der Waals surface area contributed by atoms with Crippen LogP contribution in [-0.2, 0) is 11.3 Å². The fraction of sp³-hybridized carbons (Fsp3) is 0.667. The highest BCUT2D eigenvalue weighted by molar-refractivity contribution is 5.49. The molecule has 1 fully saturated rings. The molecule has 1 aliphatic rings. The SMILES string of the molecule is COCc1nc(NN)cc(N2CCN(C)C(C)C2)n1. The second-order valence-corrected chi connectivity index (χ2v) is 4.88. The molecule has 1 aromatic heterocycles. The van der Waals surface area contributed by atoms with Crippen molar-refractivity contribution in [3.8, 4) is 0 Å². The first-order chi connectivity index (χ1) is 9.13. The van der Waals surface area contributed by atoms with Crippen LogP contribution in [0.3, 0.4) is 0 Å². The zero-order valence-corrected chi connectivity index (χ0v) is 11.8. The van der Waals surface area contributed by atoms with Crippen molar-refractivity contribution >= 4 is 11.6 Å². The number of methoxy groups -OCH3 is 1. The van der Waals surface area contributed by atoms with Crippen molar-refractivity contribution in [2.75, 3.05) is 44.1 Å². The number of rotatable bonds is 4. The molecular formula is C12H22N6O. The molecule has 1 aromatic rings. The number of ether oxygens (including phenoxy) is 1. The summed E-state index contributed by atoms with van der Waals surface area (Å²) in [7, 11) is 3.77. The zero-order chi connectivity index (χ0) is 13.8. The van der Waals surface area contributed by atoms with Gasteiger partial charge in [0, 0.05) is 38.9 Å². The van der Waals surface area contributed by atoms with E-state index >= 15 is 0 Å². The summed E-state index contributed by atoms with van der Waals surface area (Å²) in [6, 6.07) is 2.38. The molecular weight excluding hydrogens is 244 g/mol. The Bertz CT molecular complexity index is 427. The van der Waals surface area contributed by atoms with Crippen molar-refractivity contribution in [2.24, 2.45) is 5.84 Å². The lowest BCUT2D eigenvalue weighted by atomic mass is 10.2. The molecule has 1 atom stereocenters. The average molecular weight is 266 g/mol. The summed E-state index contributed by atoms with van der Waals surface area (Å²) in [6.45, 7) is 5.52. The quantitative estimate of drug-likeness (QED) is 0.589. The standard InChI is InChI=1S/C12H22N6O/c1-9-7-18(5-4-17(9)2)12-6-10(16-13)14-11(15-12)8-19-3/h6,9H,4-5,7-8,13H2,1-3H3,(H,14,15,16). The Morgan fingerprint density at radius 2 is 2.26 bits per heavy atom. The molecule has 7 heteroatoms. The number of anilines is 2. The molecule has 0 aliphatic carbocycles. The van der Waals surface area contributed by atoms with Gasteiger partial charge in [-0.25, -0.2) is 15.8 Å². The molecule has 0 radical (unpaired) electrons. The summed E-state index contributed by atoms with van der Waals surface area (Å²) < 4.78 is 5.09. The molecule has 1 unspecified atom stereocenters. The molecule has 0 saturated carbocycles. The summed E-state index contributed by atoms with van der Waals surface area (Å²) in [6.07, 6.45) is 0. The Balaban J connectivity index is 2.20. The number of hydrogen-bond donors (Lipinski definition) is 2. The minimum atomic E-state index is 0.381. The number of piperazine rings is 1. The fourth-order valence-electron chi connectivity index (χ4n) is 2.17. The van der Waals surface area contributed by atoms with Crippen molar-refractivity contribution in [2.45, 2.75) is 19.6 Å². The van der Waals surface area contributed by atoms with Gasteiger partial charge >= 0.3 is 0 Å². The Morgan fingerprint density at radius 3 is 2.89 bits per heavy atom.